The number of pyridine rings is 1. The normalized spacial score (nSPS) is 13.4. The quantitative estimate of drug-likeness (QED) is 0.160. The maximum absolute atomic E-state index is 7.23. The van der Waals surface area contributed by atoms with Crippen LogP contribution in [-0.4, -0.2) is 16.2 Å². The van der Waals surface area contributed by atoms with Gasteiger partial charge in [-0.05, 0) is 79.3 Å². The summed E-state index contributed by atoms with van der Waals surface area (Å²) in [5.74, 6) is 2.49. The summed E-state index contributed by atoms with van der Waals surface area (Å²) in [6.07, 6.45) is 1.94. The number of anilines is 2. The lowest BCUT2D eigenvalue weighted by Crippen LogP contribution is -2.28. The van der Waals surface area contributed by atoms with E-state index in [1.165, 1.54) is 65.4 Å². The fourth-order valence-corrected chi connectivity index (χ4v) is 11.0. The summed E-state index contributed by atoms with van der Waals surface area (Å²) in [6, 6.07) is 59.0. The smallest absolute Gasteiger partial charge is 0.147 e. The second kappa shape index (κ2) is 15.0. The molecule has 5 nitrogen and oxygen atoms in total. The third kappa shape index (κ3) is 6.56. The molecule has 0 spiro atoms. The number of thiophene rings is 1. The SMILES string of the molecule is Cc1cc(C)c(N2CN(c3cccc(Oc4cc5c(c6ccccc6n5-c5cc(C(C)(C)C)ccn5)c5c4sc4ccccc45)c3)C(c3ccccc3)=C2c2ccccc2)c(C)c1. The molecule has 0 aliphatic carbocycles. The zero-order valence-electron chi connectivity index (χ0n) is 36.5. The number of aryl methyl sites for hydroxylation is 3. The third-order valence-electron chi connectivity index (χ3n) is 12.5. The lowest BCUT2D eigenvalue weighted by molar-refractivity contribution is 0.489. The van der Waals surface area contributed by atoms with Crippen LogP contribution in [0.2, 0.25) is 0 Å². The van der Waals surface area contributed by atoms with Gasteiger partial charge in [0.15, 0.2) is 0 Å². The van der Waals surface area contributed by atoms with Crippen molar-refractivity contribution in [3.63, 3.8) is 0 Å². The van der Waals surface area contributed by atoms with Crippen LogP contribution in [0.4, 0.5) is 11.4 Å². The summed E-state index contributed by atoms with van der Waals surface area (Å²) in [5.41, 5.74) is 14.1. The van der Waals surface area contributed by atoms with Gasteiger partial charge in [0.2, 0.25) is 0 Å². The van der Waals surface area contributed by atoms with Crippen molar-refractivity contribution in [2.75, 3.05) is 16.5 Å². The van der Waals surface area contributed by atoms with Crippen molar-refractivity contribution in [2.45, 2.75) is 47.0 Å². The average Bonchev–Trinajstić information content (AvgIpc) is 3.97. The van der Waals surface area contributed by atoms with Gasteiger partial charge in [-0.15, -0.1) is 11.3 Å². The number of hydrogen-bond acceptors (Lipinski definition) is 5. The van der Waals surface area contributed by atoms with Gasteiger partial charge in [0.05, 0.1) is 27.1 Å². The zero-order valence-corrected chi connectivity index (χ0v) is 37.3. The minimum absolute atomic E-state index is 0.0336. The van der Waals surface area contributed by atoms with Crippen LogP contribution in [0.1, 0.15) is 54.2 Å². The molecule has 0 N–H and O–H groups in total. The monoisotopic (exact) mass is 836 g/mol. The van der Waals surface area contributed by atoms with Crippen molar-refractivity contribution in [3.05, 3.63) is 203 Å². The predicted octanol–water partition coefficient (Wildman–Crippen LogP) is 15.4. The van der Waals surface area contributed by atoms with Crippen LogP contribution in [0.15, 0.2) is 170 Å². The highest BCUT2D eigenvalue weighted by Crippen LogP contribution is 2.50. The number of benzene rings is 7. The molecular weight excluding hydrogens is 789 g/mol. The van der Waals surface area contributed by atoms with Crippen molar-refractivity contribution in [1.29, 1.82) is 0 Å². The van der Waals surface area contributed by atoms with Crippen LogP contribution in [0.5, 0.6) is 11.5 Å². The Labute approximate surface area is 372 Å². The van der Waals surface area contributed by atoms with Crippen LogP contribution in [0.25, 0.3) is 59.2 Å². The number of fused-ring (bicyclic) bond motifs is 7. The van der Waals surface area contributed by atoms with E-state index in [1.54, 1.807) is 11.3 Å². The van der Waals surface area contributed by atoms with Crippen molar-refractivity contribution >= 4 is 76.1 Å². The molecule has 7 aromatic carbocycles. The van der Waals surface area contributed by atoms with Gasteiger partial charge in [-0.1, -0.05) is 142 Å². The molecule has 0 bridgehead atoms. The maximum atomic E-state index is 7.23. The fourth-order valence-electron chi connectivity index (χ4n) is 9.79. The molecule has 4 heterocycles. The Morgan fingerprint density at radius 1 is 0.587 bits per heavy atom. The molecule has 308 valence electrons. The third-order valence-corrected chi connectivity index (χ3v) is 13.7. The second-order valence-corrected chi connectivity index (χ2v) is 18.9. The summed E-state index contributed by atoms with van der Waals surface area (Å²) in [4.78, 5) is 9.97. The molecule has 3 aromatic heterocycles. The summed E-state index contributed by atoms with van der Waals surface area (Å²) in [6.45, 7) is 14.1. The maximum Gasteiger partial charge on any atom is 0.147 e. The Balaban J connectivity index is 1.11. The summed E-state index contributed by atoms with van der Waals surface area (Å²) >= 11 is 1.79. The molecule has 11 rings (SSSR count). The molecule has 1 aliphatic rings. The minimum Gasteiger partial charge on any atom is -0.456 e. The van der Waals surface area contributed by atoms with Gasteiger partial charge in [-0.25, -0.2) is 4.98 Å². The molecule has 6 heteroatoms. The number of hydrogen-bond donors (Lipinski definition) is 0. The van der Waals surface area contributed by atoms with Gasteiger partial charge < -0.3 is 14.5 Å². The van der Waals surface area contributed by atoms with Gasteiger partial charge in [-0.2, -0.15) is 0 Å². The lowest BCUT2D eigenvalue weighted by Gasteiger charge is -2.28. The highest BCUT2D eigenvalue weighted by molar-refractivity contribution is 7.26. The van der Waals surface area contributed by atoms with Crippen molar-refractivity contribution in [3.8, 4) is 17.3 Å². The largest absolute Gasteiger partial charge is 0.456 e. The Kier molecular flexibility index (Phi) is 9.25. The van der Waals surface area contributed by atoms with Gasteiger partial charge in [0.1, 0.15) is 24.0 Å². The standard InChI is InChI=1S/C57H48N4OS/c1-36-30-37(2)53(38(3)31-36)60-35-59(54(39-18-9-7-10-19-39)55(60)40-20-11-8-12-21-40)42-22-17-23-43(33-42)62-48-34-47-51(52-45-25-14-16-27-49(45)63-56(48)52)44-24-13-15-26-46(44)61(47)50-32-41(28-29-58-50)57(4,5)6/h7-34H,35H2,1-6H3. The van der Waals surface area contributed by atoms with Crippen molar-refractivity contribution < 1.29 is 4.74 Å². The number of nitrogens with zero attached hydrogens (tertiary/aromatic N) is 4. The molecule has 0 atom stereocenters. The number of aromatic nitrogens is 2. The van der Waals surface area contributed by atoms with E-state index in [2.05, 4.69) is 220 Å². The first kappa shape index (κ1) is 38.7. The average molecular weight is 837 g/mol. The molecule has 0 fully saturated rings. The van der Waals surface area contributed by atoms with Crippen LogP contribution in [0.3, 0.4) is 0 Å². The molecule has 0 saturated carbocycles. The minimum atomic E-state index is -0.0336. The Bertz CT molecular complexity index is 3400. The Morgan fingerprint density at radius 3 is 1.95 bits per heavy atom. The highest BCUT2D eigenvalue weighted by Gasteiger charge is 2.34. The number of rotatable bonds is 7. The van der Waals surface area contributed by atoms with Crippen LogP contribution in [-0.2, 0) is 5.41 Å². The van der Waals surface area contributed by atoms with Gasteiger partial charge >= 0.3 is 0 Å². The molecule has 10 aromatic rings. The highest BCUT2D eigenvalue weighted by atomic mass is 32.1. The van der Waals surface area contributed by atoms with E-state index in [0.717, 1.165) is 50.0 Å². The molecule has 0 saturated heterocycles. The second-order valence-electron chi connectivity index (χ2n) is 17.8. The number of ether oxygens (including phenoxy) is 1. The van der Waals surface area contributed by atoms with Gasteiger partial charge in [0, 0.05) is 67.1 Å². The molecule has 0 amide bonds. The molecule has 0 unspecified atom stereocenters. The van der Waals surface area contributed by atoms with Crippen LogP contribution >= 0.6 is 11.3 Å². The molecule has 63 heavy (non-hydrogen) atoms. The number of para-hydroxylation sites is 1. The van der Waals surface area contributed by atoms with Gasteiger partial charge in [0.25, 0.3) is 0 Å². The van der Waals surface area contributed by atoms with Crippen LogP contribution in [0, 0.1) is 20.8 Å². The summed E-state index contributed by atoms with van der Waals surface area (Å²) in [7, 11) is 0. The fraction of sp³-hybridized carbons (Fsp3) is 0.140. The summed E-state index contributed by atoms with van der Waals surface area (Å²) < 4.78 is 11.9. The lowest BCUT2D eigenvalue weighted by atomic mass is 9.88. The molecule has 1 aliphatic heterocycles. The Hall–Kier alpha value is -7.15. The van der Waals surface area contributed by atoms with E-state index in [9.17, 15) is 0 Å². The zero-order chi connectivity index (χ0) is 43.0. The first-order valence-electron chi connectivity index (χ1n) is 21.7. The van der Waals surface area contributed by atoms with E-state index in [-0.39, 0.29) is 5.41 Å². The molecular formula is C57H48N4OS. The topological polar surface area (TPSA) is 33.5 Å². The van der Waals surface area contributed by atoms with Crippen LogP contribution < -0.4 is 14.5 Å². The van der Waals surface area contributed by atoms with E-state index >= 15 is 0 Å². The first-order valence-corrected chi connectivity index (χ1v) is 22.5. The van der Waals surface area contributed by atoms with Crippen molar-refractivity contribution in [2.24, 2.45) is 0 Å². The van der Waals surface area contributed by atoms with E-state index in [0.29, 0.717) is 6.67 Å². The van der Waals surface area contributed by atoms with Crippen molar-refractivity contribution in [1.82, 2.24) is 9.55 Å². The van der Waals surface area contributed by atoms with E-state index in [1.807, 2.05) is 6.20 Å². The molecule has 0 radical (unpaired) electrons. The van der Waals surface area contributed by atoms with E-state index < -0.39 is 0 Å². The first-order chi connectivity index (χ1) is 30.6. The Morgan fingerprint density at radius 2 is 1.24 bits per heavy atom. The predicted molar refractivity (Wildman–Crippen MR) is 267 cm³/mol. The summed E-state index contributed by atoms with van der Waals surface area (Å²) in [5, 5.41) is 4.85. The van der Waals surface area contributed by atoms with E-state index in [4.69, 9.17) is 9.72 Å². The van der Waals surface area contributed by atoms with Gasteiger partial charge in [-0.3, -0.25) is 4.57 Å².